The number of carbonyl (C=O) groups excluding carboxylic acids is 1. The molecule has 3 aliphatic rings. The second-order valence-electron chi connectivity index (χ2n) is 11.0. The van der Waals surface area contributed by atoms with E-state index < -0.39 is 0 Å². The Morgan fingerprint density at radius 3 is 1.92 bits per heavy atom. The molecule has 3 fully saturated rings. The molecule has 2 aromatic rings. The molecule has 0 unspecified atom stereocenters. The van der Waals surface area contributed by atoms with Gasteiger partial charge in [0, 0.05) is 45.0 Å². The average Bonchev–Trinajstić information content (AvgIpc) is 2.97. The van der Waals surface area contributed by atoms with E-state index in [-0.39, 0.29) is 11.6 Å². The molecule has 0 N–H and O–H groups in total. The van der Waals surface area contributed by atoms with E-state index in [4.69, 9.17) is 9.47 Å². The van der Waals surface area contributed by atoms with Gasteiger partial charge < -0.3 is 14.4 Å². The molecular weight excluding hydrogens is 448 g/mol. The molecule has 1 saturated heterocycles. The lowest BCUT2D eigenvalue weighted by atomic mass is 9.68. The summed E-state index contributed by atoms with van der Waals surface area (Å²) in [6.07, 6.45) is 12.0. The minimum Gasteiger partial charge on any atom is -0.465 e. The fraction of sp³-hybridized carbons (Fsp3) is 0.581. The van der Waals surface area contributed by atoms with Crippen molar-refractivity contribution in [2.24, 2.45) is 5.92 Å². The van der Waals surface area contributed by atoms with Crippen LogP contribution in [0.25, 0.3) is 11.1 Å². The number of benzene rings is 2. The van der Waals surface area contributed by atoms with Gasteiger partial charge in [0.25, 0.3) is 0 Å². The molecule has 5 heteroatoms. The zero-order chi connectivity index (χ0) is 25.0. The highest BCUT2D eigenvalue weighted by molar-refractivity contribution is 5.90. The monoisotopic (exact) mass is 490 g/mol. The maximum Gasteiger partial charge on any atom is 0.337 e. The van der Waals surface area contributed by atoms with Crippen molar-refractivity contribution in [1.82, 2.24) is 4.90 Å². The van der Waals surface area contributed by atoms with Crippen LogP contribution in [-0.2, 0) is 9.47 Å². The van der Waals surface area contributed by atoms with E-state index in [0.29, 0.717) is 11.6 Å². The van der Waals surface area contributed by atoms with Crippen molar-refractivity contribution in [3.8, 4) is 11.1 Å². The number of anilines is 1. The van der Waals surface area contributed by atoms with Crippen LogP contribution in [0.5, 0.6) is 0 Å². The number of piperazine rings is 1. The number of ether oxygens (including phenoxy) is 2. The van der Waals surface area contributed by atoms with Crippen LogP contribution in [0.4, 0.5) is 5.69 Å². The largest absolute Gasteiger partial charge is 0.465 e. The summed E-state index contributed by atoms with van der Waals surface area (Å²) in [4.78, 5) is 16.9. The number of rotatable bonds is 6. The van der Waals surface area contributed by atoms with E-state index in [0.717, 1.165) is 43.2 Å². The van der Waals surface area contributed by atoms with E-state index >= 15 is 0 Å². The Labute approximate surface area is 216 Å². The molecular formula is C31H42N2O3. The Kier molecular flexibility index (Phi) is 7.97. The number of hydrogen-bond acceptors (Lipinski definition) is 5. The number of hydrogen-bond donors (Lipinski definition) is 0. The lowest BCUT2D eigenvalue weighted by molar-refractivity contribution is -0.105. The maximum atomic E-state index is 11.7. The van der Waals surface area contributed by atoms with Gasteiger partial charge in [-0.15, -0.1) is 0 Å². The Bertz CT molecular complexity index is 981. The van der Waals surface area contributed by atoms with Crippen molar-refractivity contribution in [2.45, 2.75) is 69.4 Å². The van der Waals surface area contributed by atoms with Gasteiger partial charge in [0.15, 0.2) is 0 Å². The SMILES string of the molecule is COC(=O)c1ccc(-c2ccc(N3CCN([C@H]4CC[C@@](OC)(C5CCCCC5)CC4)CC3)cc2)cc1. The summed E-state index contributed by atoms with van der Waals surface area (Å²) in [6.45, 7) is 4.46. The highest BCUT2D eigenvalue weighted by Crippen LogP contribution is 2.44. The summed E-state index contributed by atoms with van der Waals surface area (Å²) < 4.78 is 11.0. The van der Waals surface area contributed by atoms with Gasteiger partial charge in [0.1, 0.15) is 0 Å². The van der Waals surface area contributed by atoms with Crippen molar-refractivity contribution in [2.75, 3.05) is 45.3 Å². The molecule has 2 saturated carbocycles. The van der Waals surface area contributed by atoms with Gasteiger partial charge in [0.05, 0.1) is 18.3 Å². The number of methoxy groups -OCH3 is 2. The molecule has 0 spiro atoms. The topological polar surface area (TPSA) is 42.0 Å². The third-order valence-corrected chi connectivity index (χ3v) is 9.26. The third kappa shape index (κ3) is 5.33. The van der Waals surface area contributed by atoms with Gasteiger partial charge >= 0.3 is 5.97 Å². The summed E-state index contributed by atoms with van der Waals surface area (Å²) in [6, 6.07) is 17.2. The molecule has 0 aromatic heterocycles. The van der Waals surface area contributed by atoms with Crippen LogP contribution < -0.4 is 4.90 Å². The molecule has 2 aromatic carbocycles. The van der Waals surface area contributed by atoms with Gasteiger partial charge in [-0.25, -0.2) is 4.79 Å². The van der Waals surface area contributed by atoms with Crippen LogP contribution >= 0.6 is 0 Å². The third-order valence-electron chi connectivity index (χ3n) is 9.26. The van der Waals surface area contributed by atoms with Crippen LogP contribution in [0, 0.1) is 5.92 Å². The maximum absolute atomic E-state index is 11.7. The first kappa shape index (κ1) is 25.3. The van der Waals surface area contributed by atoms with Gasteiger partial charge in [-0.05, 0) is 79.8 Å². The molecule has 1 heterocycles. The number of carbonyl (C=O) groups is 1. The second-order valence-corrected chi connectivity index (χ2v) is 11.0. The standard InChI is InChI=1S/C31H42N2O3/c1-35-30(34)26-10-8-24(9-11-26)25-12-14-28(15-13-25)32-20-22-33(23-21-32)29-16-18-31(36-2,19-17-29)27-6-4-3-5-7-27/h8-15,27,29H,3-7,16-23H2,1-2H3/t29-,31-. The van der Waals surface area contributed by atoms with Crippen molar-refractivity contribution in [1.29, 1.82) is 0 Å². The smallest absolute Gasteiger partial charge is 0.337 e. The highest BCUT2D eigenvalue weighted by Gasteiger charge is 2.43. The summed E-state index contributed by atoms with van der Waals surface area (Å²) in [5.41, 5.74) is 4.30. The summed E-state index contributed by atoms with van der Waals surface area (Å²) in [7, 11) is 3.38. The molecule has 0 bridgehead atoms. The van der Waals surface area contributed by atoms with Gasteiger partial charge in [-0.3, -0.25) is 4.90 Å². The predicted octanol–water partition coefficient (Wildman–Crippen LogP) is 6.17. The van der Waals surface area contributed by atoms with Crippen molar-refractivity contribution in [3.05, 3.63) is 54.1 Å². The second kappa shape index (κ2) is 11.4. The van der Waals surface area contributed by atoms with Crippen LogP contribution in [-0.4, -0.2) is 62.9 Å². The molecule has 5 rings (SSSR count). The fourth-order valence-corrected chi connectivity index (χ4v) is 6.99. The van der Waals surface area contributed by atoms with Crippen molar-refractivity contribution < 1.29 is 14.3 Å². The minimum atomic E-state index is -0.300. The van der Waals surface area contributed by atoms with Crippen LogP contribution in [0.1, 0.15) is 68.1 Å². The lowest BCUT2D eigenvalue weighted by Gasteiger charge is -2.49. The zero-order valence-electron chi connectivity index (χ0n) is 22.1. The Morgan fingerprint density at radius 2 is 1.36 bits per heavy atom. The first-order valence-electron chi connectivity index (χ1n) is 13.9. The normalized spacial score (nSPS) is 26.1. The molecule has 0 amide bonds. The Morgan fingerprint density at radius 1 is 0.778 bits per heavy atom. The molecule has 5 nitrogen and oxygen atoms in total. The Hall–Kier alpha value is -2.37. The van der Waals surface area contributed by atoms with E-state index in [2.05, 4.69) is 34.1 Å². The fourth-order valence-electron chi connectivity index (χ4n) is 6.99. The van der Waals surface area contributed by atoms with Gasteiger partial charge in [-0.2, -0.15) is 0 Å². The first-order valence-corrected chi connectivity index (χ1v) is 13.9. The van der Waals surface area contributed by atoms with E-state index in [1.807, 2.05) is 31.4 Å². The lowest BCUT2D eigenvalue weighted by Crippen LogP contribution is -2.54. The summed E-state index contributed by atoms with van der Waals surface area (Å²) in [5, 5.41) is 0. The van der Waals surface area contributed by atoms with Gasteiger partial charge in [0.2, 0.25) is 0 Å². The van der Waals surface area contributed by atoms with Crippen molar-refractivity contribution >= 4 is 11.7 Å². The minimum absolute atomic E-state index is 0.153. The number of nitrogens with zero attached hydrogens (tertiary/aromatic N) is 2. The van der Waals surface area contributed by atoms with Crippen LogP contribution in [0.15, 0.2) is 48.5 Å². The number of esters is 1. The van der Waals surface area contributed by atoms with E-state index in [1.165, 1.54) is 70.6 Å². The van der Waals surface area contributed by atoms with Crippen molar-refractivity contribution in [3.63, 3.8) is 0 Å². The zero-order valence-corrected chi connectivity index (χ0v) is 22.1. The molecule has 1 aliphatic heterocycles. The predicted molar refractivity (Wildman–Crippen MR) is 146 cm³/mol. The highest BCUT2D eigenvalue weighted by atomic mass is 16.5. The molecule has 2 aliphatic carbocycles. The average molecular weight is 491 g/mol. The molecule has 0 atom stereocenters. The van der Waals surface area contributed by atoms with E-state index in [1.54, 1.807) is 0 Å². The van der Waals surface area contributed by atoms with Crippen LogP contribution in [0.2, 0.25) is 0 Å². The summed E-state index contributed by atoms with van der Waals surface area (Å²) in [5.74, 6) is 0.481. The Balaban J connectivity index is 1.13. The molecule has 194 valence electrons. The quantitative estimate of drug-likeness (QED) is 0.453. The molecule has 36 heavy (non-hydrogen) atoms. The molecule has 0 radical (unpaired) electrons. The first-order chi connectivity index (χ1) is 17.6. The van der Waals surface area contributed by atoms with Crippen LogP contribution in [0.3, 0.4) is 0 Å². The summed E-state index contributed by atoms with van der Waals surface area (Å²) >= 11 is 0. The van der Waals surface area contributed by atoms with E-state index in [9.17, 15) is 4.79 Å². The van der Waals surface area contributed by atoms with Gasteiger partial charge in [-0.1, -0.05) is 43.5 Å².